The fraction of sp³-hybridized carbons (Fsp3) is 0.500. The molecule has 15 heteroatoms. The van der Waals surface area contributed by atoms with Crippen LogP contribution in [-0.2, 0) is 38.7 Å². The summed E-state index contributed by atoms with van der Waals surface area (Å²) in [6.07, 6.45) is -7.08. The Bertz CT molecular complexity index is 1270. The lowest BCUT2D eigenvalue weighted by Crippen LogP contribution is -2.56. The summed E-state index contributed by atoms with van der Waals surface area (Å²) >= 11 is 5.87. The number of aliphatic hydroxyl groups excluding tert-OH is 4. The van der Waals surface area contributed by atoms with Crippen molar-refractivity contribution in [2.24, 2.45) is 0 Å². The van der Waals surface area contributed by atoms with Gasteiger partial charge in [0.15, 0.2) is 12.2 Å². The number of methoxy groups -OCH3 is 1. The van der Waals surface area contributed by atoms with Gasteiger partial charge in [0.25, 0.3) is 0 Å². The van der Waals surface area contributed by atoms with Crippen molar-refractivity contribution in [1.82, 2.24) is 13.7 Å². The summed E-state index contributed by atoms with van der Waals surface area (Å²) in [6.45, 7) is -0.618. The van der Waals surface area contributed by atoms with Gasteiger partial charge in [-0.1, -0.05) is 30.7 Å². The van der Waals surface area contributed by atoms with Crippen molar-refractivity contribution in [3.05, 3.63) is 66.3 Å². The molecule has 0 saturated heterocycles. The highest BCUT2D eigenvalue weighted by molar-refractivity contribution is 6.30. The van der Waals surface area contributed by atoms with Crippen LogP contribution in [-0.4, -0.2) is 84.2 Å². The van der Waals surface area contributed by atoms with Crippen LogP contribution in [0.4, 0.5) is 0 Å². The molecule has 0 radical (unpaired) electrons. The summed E-state index contributed by atoms with van der Waals surface area (Å²) in [5, 5.41) is 39.9. The number of carbonyl (C=O) groups excluding carboxylic acids is 2. The van der Waals surface area contributed by atoms with Crippen LogP contribution in [0.3, 0.4) is 0 Å². The summed E-state index contributed by atoms with van der Waals surface area (Å²) in [4.78, 5) is 62.0. The molecular formula is C22H28ClN3O11. The zero-order chi connectivity index (χ0) is 27.9. The van der Waals surface area contributed by atoms with Gasteiger partial charge in [0.2, 0.25) is 0 Å². The third kappa shape index (κ3) is 7.60. The van der Waals surface area contributed by atoms with Gasteiger partial charge >= 0.3 is 29.0 Å². The average Bonchev–Trinajstić information content (AvgIpc) is 2.89. The number of carbonyl (C=O) groups is 2. The van der Waals surface area contributed by atoms with Crippen LogP contribution < -0.4 is 17.1 Å². The van der Waals surface area contributed by atoms with E-state index in [4.69, 9.17) is 11.6 Å². The van der Waals surface area contributed by atoms with E-state index in [2.05, 4.69) is 9.47 Å². The van der Waals surface area contributed by atoms with Crippen molar-refractivity contribution in [1.29, 1.82) is 0 Å². The third-order valence-corrected chi connectivity index (χ3v) is 5.55. The maximum Gasteiger partial charge on any atom is 0.338 e. The lowest BCUT2D eigenvalue weighted by Gasteiger charge is -2.19. The fourth-order valence-electron chi connectivity index (χ4n) is 3.15. The number of aromatic nitrogens is 3. The molecule has 0 bridgehead atoms. The molecule has 0 fully saturated rings. The first kappa shape index (κ1) is 29.9. The number of ether oxygens (including phenoxy) is 2. The van der Waals surface area contributed by atoms with E-state index in [1.165, 1.54) is 0 Å². The Morgan fingerprint density at radius 2 is 1.32 bits per heavy atom. The van der Waals surface area contributed by atoms with Gasteiger partial charge in [-0.25, -0.2) is 37.7 Å². The molecule has 4 atom stereocenters. The maximum absolute atomic E-state index is 13.0. The van der Waals surface area contributed by atoms with E-state index < -0.39 is 73.1 Å². The molecule has 1 aromatic heterocycles. The number of rotatable bonds is 12. The second-order valence-corrected chi connectivity index (χ2v) is 8.48. The first-order valence-corrected chi connectivity index (χ1v) is 11.4. The smallest absolute Gasteiger partial charge is 0.338 e. The summed E-state index contributed by atoms with van der Waals surface area (Å²) in [5.41, 5.74) is -2.65. The minimum atomic E-state index is -2.31. The average molecular weight is 546 g/mol. The number of hydrogen-bond acceptors (Lipinski definition) is 11. The predicted molar refractivity (Wildman–Crippen MR) is 127 cm³/mol. The van der Waals surface area contributed by atoms with Gasteiger partial charge in [-0.05, 0) is 24.1 Å². The van der Waals surface area contributed by atoms with E-state index >= 15 is 0 Å². The zero-order valence-electron chi connectivity index (χ0n) is 20.0. The predicted octanol–water partition coefficient (Wildman–Crippen LogP) is -2.56. The molecule has 0 aliphatic heterocycles. The SMILES string of the molecule is CCC(O)Cn1c(=O)n(Cc2ccc(Cl)cc2)c(=O)n(CC(O)COC(=O)C(O)C(O)C(=O)OC)c1=O. The standard InChI is InChI=1S/C22H28ClN3O11/c1-3-14(27)9-25-20(33)24(8-12-4-6-13(23)7-5-12)21(34)26(22(25)35)10-15(28)11-37-19(32)17(30)16(29)18(31)36-2/h4-7,14-17,27-30H,3,8-11H2,1-2H3. The summed E-state index contributed by atoms with van der Waals surface area (Å²) in [5.74, 6) is -2.77. The summed E-state index contributed by atoms with van der Waals surface area (Å²) in [6, 6.07) is 6.22. The molecule has 1 heterocycles. The van der Waals surface area contributed by atoms with Crippen LogP contribution in [0.2, 0.25) is 5.02 Å². The zero-order valence-corrected chi connectivity index (χ0v) is 20.8. The molecule has 0 aliphatic carbocycles. The van der Waals surface area contributed by atoms with Crippen molar-refractivity contribution in [3.63, 3.8) is 0 Å². The number of aliphatic hydroxyl groups is 4. The number of benzene rings is 1. The van der Waals surface area contributed by atoms with E-state index in [0.717, 1.165) is 11.7 Å². The molecule has 4 unspecified atom stereocenters. The minimum absolute atomic E-state index is 0.209. The van der Waals surface area contributed by atoms with Crippen molar-refractivity contribution < 1.29 is 39.5 Å². The molecule has 37 heavy (non-hydrogen) atoms. The molecule has 0 spiro atoms. The van der Waals surface area contributed by atoms with Gasteiger partial charge in [-0.2, -0.15) is 0 Å². The lowest BCUT2D eigenvalue weighted by molar-refractivity contribution is -0.173. The molecule has 2 rings (SSSR count). The first-order valence-electron chi connectivity index (χ1n) is 11.1. The highest BCUT2D eigenvalue weighted by Crippen LogP contribution is 2.09. The number of esters is 2. The molecule has 14 nitrogen and oxygen atoms in total. The van der Waals surface area contributed by atoms with E-state index in [1.54, 1.807) is 31.2 Å². The van der Waals surface area contributed by atoms with Gasteiger partial charge < -0.3 is 29.9 Å². The Kier molecular flexibility index (Phi) is 10.8. The Morgan fingerprint density at radius 1 is 0.838 bits per heavy atom. The first-order chi connectivity index (χ1) is 17.4. The number of nitrogens with zero attached hydrogens (tertiary/aromatic N) is 3. The monoisotopic (exact) mass is 545 g/mol. The van der Waals surface area contributed by atoms with Crippen LogP contribution in [0.15, 0.2) is 38.6 Å². The molecule has 0 aliphatic rings. The quantitative estimate of drug-likeness (QED) is 0.204. The van der Waals surface area contributed by atoms with E-state index in [0.29, 0.717) is 19.7 Å². The Labute approximate surface area is 214 Å². The van der Waals surface area contributed by atoms with E-state index in [9.17, 15) is 44.4 Å². The second kappa shape index (κ2) is 13.3. The number of halogens is 1. The van der Waals surface area contributed by atoms with E-state index in [1.807, 2.05) is 0 Å². The van der Waals surface area contributed by atoms with Gasteiger partial charge in [0.1, 0.15) is 12.7 Å². The van der Waals surface area contributed by atoms with Gasteiger partial charge in [-0.3, -0.25) is 0 Å². The topological polar surface area (TPSA) is 200 Å². The molecule has 2 aromatic rings. The molecule has 204 valence electrons. The van der Waals surface area contributed by atoms with Crippen molar-refractivity contribution in [2.45, 2.75) is 57.4 Å². The largest absolute Gasteiger partial charge is 0.467 e. The summed E-state index contributed by atoms with van der Waals surface area (Å²) in [7, 11) is 0.920. The van der Waals surface area contributed by atoms with Crippen molar-refractivity contribution in [3.8, 4) is 0 Å². The molecule has 0 amide bonds. The van der Waals surface area contributed by atoms with Gasteiger partial charge in [0.05, 0.1) is 32.8 Å². The Balaban J connectivity index is 2.34. The normalized spacial score (nSPS) is 14.5. The maximum atomic E-state index is 13.0. The van der Waals surface area contributed by atoms with E-state index in [-0.39, 0.29) is 13.0 Å². The Morgan fingerprint density at radius 3 is 1.84 bits per heavy atom. The highest BCUT2D eigenvalue weighted by Gasteiger charge is 2.33. The van der Waals surface area contributed by atoms with Crippen LogP contribution >= 0.6 is 11.6 Å². The van der Waals surface area contributed by atoms with Crippen LogP contribution in [0.5, 0.6) is 0 Å². The molecular weight excluding hydrogens is 518 g/mol. The summed E-state index contributed by atoms with van der Waals surface area (Å²) < 4.78 is 10.8. The molecule has 4 N–H and O–H groups in total. The minimum Gasteiger partial charge on any atom is -0.467 e. The second-order valence-electron chi connectivity index (χ2n) is 8.04. The third-order valence-electron chi connectivity index (χ3n) is 5.30. The molecule has 1 aromatic carbocycles. The number of hydrogen-bond donors (Lipinski definition) is 4. The van der Waals surface area contributed by atoms with Crippen LogP contribution in [0.1, 0.15) is 18.9 Å². The van der Waals surface area contributed by atoms with Crippen LogP contribution in [0, 0.1) is 0 Å². The van der Waals surface area contributed by atoms with Gasteiger partial charge in [-0.15, -0.1) is 0 Å². The Hall–Kier alpha value is -3.30. The van der Waals surface area contributed by atoms with Gasteiger partial charge in [0, 0.05) is 5.02 Å². The highest BCUT2D eigenvalue weighted by atomic mass is 35.5. The van der Waals surface area contributed by atoms with Crippen LogP contribution in [0.25, 0.3) is 0 Å². The van der Waals surface area contributed by atoms with Crippen molar-refractivity contribution in [2.75, 3.05) is 13.7 Å². The fourth-order valence-corrected chi connectivity index (χ4v) is 3.27. The lowest BCUT2D eigenvalue weighted by atomic mass is 10.2. The van der Waals surface area contributed by atoms with Crippen molar-refractivity contribution >= 4 is 23.5 Å². The molecule has 0 saturated carbocycles.